The predicted octanol–water partition coefficient (Wildman–Crippen LogP) is 5.89. The Bertz CT molecular complexity index is 1360. The molecule has 1 aromatic heterocycles. The second-order valence-electron chi connectivity index (χ2n) is 6.87. The van der Waals surface area contributed by atoms with E-state index in [1.807, 2.05) is 0 Å². The van der Waals surface area contributed by atoms with E-state index in [4.69, 9.17) is 16.3 Å². The Labute approximate surface area is 182 Å². The molecular formula is C25H17ClFNO3. The molecule has 4 rings (SSSR count). The molecule has 0 saturated heterocycles. The number of fused-ring (bicyclic) bond motifs is 1. The summed E-state index contributed by atoms with van der Waals surface area (Å²) >= 11 is 6.21. The third-order valence-corrected chi connectivity index (χ3v) is 5.13. The van der Waals surface area contributed by atoms with Gasteiger partial charge in [-0.25, -0.2) is 4.39 Å². The molecule has 31 heavy (non-hydrogen) atoms. The Morgan fingerprint density at radius 1 is 1.03 bits per heavy atom. The molecule has 0 amide bonds. The number of rotatable bonds is 5. The van der Waals surface area contributed by atoms with E-state index in [-0.39, 0.29) is 11.4 Å². The summed E-state index contributed by atoms with van der Waals surface area (Å²) in [6.45, 7) is 0. The maximum atomic E-state index is 13.1. The Hall–Kier alpha value is -3.70. The van der Waals surface area contributed by atoms with Crippen LogP contribution in [0, 0.1) is 5.82 Å². The van der Waals surface area contributed by atoms with Crippen LogP contribution in [0.1, 0.15) is 15.9 Å². The van der Waals surface area contributed by atoms with Gasteiger partial charge in [0, 0.05) is 21.5 Å². The van der Waals surface area contributed by atoms with Gasteiger partial charge in [-0.2, -0.15) is 0 Å². The monoisotopic (exact) mass is 433 g/mol. The number of aromatic nitrogens is 1. The van der Waals surface area contributed by atoms with E-state index in [0.29, 0.717) is 38.4 Å². The predicted molar refractivity (Wildman–Crippen MR) is 121 cm³/mol. The second kappa shape index (κ2) is 8.58. The van der Waals surface area contributed by atoms with Gasteiger partial charge in [0.15, 0.2) is 5.78 Å². The van der Waals surface area contributed by atoms with Crippen LogP contribution in [-0.2, 0) is 0 Å². The molecule has 0 fully saturated rings. The molecule has 0 unspecified atom stereocenters. The lowest BCUT2D eigenvalue weighted by molar-refractivity contribution is 0.104. The van der Waals surface area contributed by atoms with Crippen LogP contribution in [-0.4, -0.2) is 17.9 Å². The first-order valence-corrected chi connectivity index (χ1v) is 9.82. The van der Waals surface area contributed by atoms with Gasteiger partial charge in [0.1, 0.15) is 11.6 Å². The summed E-state index contributed by atoms with van der Waals surface area (Å²) in [5, 5.41) is 1.13. The summed E-state index contributed by atoms with van der Waals surface area (Å²) < 4.78 is 18.3. The van der Waals surface area contributed by atoms with Crippen LogP contribution in [0.25, 0.3) is 28.1 Å². The van der Waals surface area contributed by atoms with E-state index in [1.54, 1.807) is 67.8 Å². The quantitative estimate of drug-likeness (QED) is 0.315. The lowest BCUT2D eigenvalue weighted by Crippen LogP contribution is -2.18. The molecule has 1 N–H and O–H groups in total. The maximum Gasteiger partial charge on any atom is 0.260 e. The van der Waals surface area contributed by atoms with Crippen molar-refractivity contribution in [3.8, 4) is 16.9 Å². The Kier molecular flexibility index (Phi) is 5.69. The SMILES string of the molecule is COc1ccc(-c2c(C(=O)/C=C/c3ccc(F)cc3)c(=O)[nH]c3ccc(Cl)cc23)cc1. The van der Waals surface area contributed by atoms with Crippen LogP contribution in [0.5, 0.6) is 5.75 Å². The fourth-order valence-corrected chi connectivity index (χ4v) is 3.56. The van der Waals surface area contributed by atoms with Gasteiger partial charge < -0.3 is 9.72 Å². The van der Waals surface area contributed by atoms with Crippen molar-refractivity contribution in [1.82, 2.24) is 4.98 Å². The standard InChI is InChI=1S/C25H17ClFNO3/c1-31-19-10-5-16(6-11-19)23-20-14-17(26)7-12-21(20)28-25(30)24(23)22(29)13-4-15-2-8-18(27)9-3-15/h2-14H,1H3,(H,28,30)/b13-4+. The third-order valence-electron chi connectivity index (χ3n) is 4.90. The van der Waals surface area contributed by atoms with E-state index in [0.717, 1.165) is 0 Å². The highest BCUT2D eigenvalue weighted by Gasteiger charge is 2.19. The summed E-state index contributed by atoms with van der Waals surface area (Å²) in [6.07, 6.45) is 2.85. The summed E-state index contributed by atoms with van der Waals surface area (Å²) in [4.78, 5) is 28.8. The molecule has 6 heteroatoms. The normalized spacial score (nSPS) is 11.2. The first-order chi connectivity index (χ1) is 15.0. The van der Waals surface area contributed by atoms with E-state index >= 15 is 0 Å². The molecule has 3 aromatic carbocycles. The van der Waals surface area contributed by atoms with Crippen molar-refractivity contribution in [2.45, 2.75) is 0 Å². The number of halogens is 2. The van der Waals surface area contributed by atoms with Crippen molar-refractivity contribution < 1.29 is 13.9 Å². The molecular weight excluding hydrogens is 417 g/mol. The zero-order chi connectivity index (χ0) is 22.0. The molecule has 4 nitrogen and oxygen atoms in total. The molecule has 0 aliphatic heterocycles. The number of pyridine rings is 1. The third kappa shape index (κ3) is 4.27. The van der Waals surface area contributed by atoms with Crippen LogP contribution in [0.2, 0.25) is 5.02 Å². The first-order valence-electron chi connectivity index (χ1n) is 9.44. The van der Waals surface area contributed by atoms with Gasteiger partial charge in [-0.05, 0) is 59.7 Å². The summed E-state index contributed by atoms with van der Waals surface area (Å²) in [5.41, 5.74) is 1.86. The molecule has 0 radical (unpaired) electrons. The number of ether oxygens (including phenoxy) is 1. The molecule has 1 heterocycles. The van der Waals surface area contributed by atoms with Crippen LogP contribution >= 0.6 is 11.6 Å². The Morgan fingerprint density at radius 3 is 2.42 bits per heavy atom. The highest BCUT2D eigenvalue weighted by atomic mass is 35.5. The topological polar surface area (TPSA) is 59.2 Å². The average Bonchev–Trinajstić information content (AvgIpc) is 2.78. The Balaban J connectivity index is 1.90. The summed E-state index contributed by atoms with van der Waals surface area (Å²) in [7, 11) is 1.56. The van der Waals surface area contributed by atoms with Crippen LogP contribution < -0.4 is 10.3 Å². The number of nitrogens with one attached hydrogen (secondary N) is 1. The van der Waals surface area contributed by atoms with Crippen molar-refractivity contribution in [2.24, 2.45) is 0 Å². The van der Waals surface area contributed by atoms with Crippen molar-refractivity contribution in [3.63, 3.8) is 0 Å². The molecule has 0 saturated carbocycles. The minimum atomic E-state index is -0.505. The number of ketones is 1. The van der Waals surface area contributed by atoms with Crippen molar-refractivity contribution >= 4 is 34.4 Å². The lowest BCUT2D eigenvalue weighted by Gasteiger charge is -2.12. The van der Waals surface area contributed by atoms with E-state index in [2.05, 4.69) is 4.98 Å². The summed E-state index contributed by atoms with van der Waals surface area (Å²) in [5.74, 6) is -0.189. The fraction of sp³-hybridized carbons (Fsp3) is 0.0400. The minimum absolute atomic E-state index is 0.00158. The number of carbonyl (C=O) groups excluding carboxylic acids is 1. The van der Waals surface area contributed by atoms with Gasteiger partial charge >= 0.3 is 0 Å². The molecule has 0 atom stereocenters. The highest BCUT2D eigenvalue weighted by Crippen LogP contribution is 2.32. The number of H-pyrrole nitrogens is 1. The van der Waals surface area contributed by atoms with Crippen LogP contribution in [0.3, 0.4) is 0 Å². The first kappa shape index (κ1) is 20.6. The van der Waals surface area contributed by atoms with E-state index in [1.165, 1.54) is 18.2 Å². The van der Waals surface area contributed by atoms with Crippen molar-refractivity contribution in [2.75, 3.05) is 7.11 Å². The van der Waals surface area contributed by atoms with Gasteiger partial charge in [-0.15, -0.1) is 0 Å². The number of methoxy groups -OCH3 is 1. The molecule has 0 aliphatic carbocycles. The van der Waals surface area contributed by atoms with Gasteiger partial charge in [-0.1, -0.05) is 41.9 Å². The highest BCUT2D eigenvalue weighted by molar-refractivity contribution is 6.31. The van der Waals surface area contributed by atoms with Gasteiger partial charge in [-0.3, -0.25) is 9.59 Å². The fourth-order valence-electron chi connectivity index (χ4n) is 3.39. The van der Waals surface area contributed by atoms with E-state index in [9.17, 15) is 14.0 Å². The zero-order valence-electron chi connectivity index (χ0n) is 16.5. The van der Waals surface area contributed by atoms with Gasteiger partial charge in [0.25, 0.3) is 5.56 Å². The number of hydrogen-bond donors (Lipinski definition) is 1. The van der Waals surface area contributed by atoms with E-state index < -0.39 is 11.3 Å². The maximum absolute atomic E-state index is 13.1. The van der Waals surface area contributed by atoms with Gasteiger partial charge in [0.2, 0.25) is 0 Å². The van der Waals surface area contributed by atoms with Crippen molar-refractivity contribution in [1.29, 1.82) is 0 Å². The number of carbonyl (C=O) groups is 1. The molecule has 4 aromatic rings. The lowest BCUT2D eigenvalue weighted by atomic mass is 9.93. The van der Waals surface area contributed by atoms with Crippen molar-refractivity contribution in [3.05, 3.63) is 105 Å². The Morgan fingerprint density at radius 2 is 1.74 bits per heavy atom. The number of benzene rings is 3. The second-order valence-corrected chi connectivity index (χ2v) is 7.31. The largest absolute Gasteiger partial charge is 0.497 e. The molecule has 0 bridgehead atoms. The number of allylic oxidation sites excluding steroid dienone is 1. The smallest absolute Gasteiger partial charge is 0.260 e. The van der Waals surface area contributed by atoms with Gasteiger partial charge in [0.05, 0.1) is 12.7 Å². The van der Waals surface area contributed by atoms with Crippen LogP contribution in [0.15, 0.2) is 77.6 Å². The number of aromatic amines is 1. The molecule has 0 aliphatic rings. The zero-order valence-corrected chi connectivity index (χ0v) is 17.2. The number of hydrogen-bond acceptors (Lipinski definition) is 3. The summed E-state index contributed by atoms with van der Waals surface area (Å²) in [6, 6.07) is 17.9. The minimum Gasteiger partial charge on any atom is -0.497 e. The van der Waals surface area contributed by atoms with Crippen LogP contribution in [0.4, 0.5) is 4.39 Å². The molecule has 154 valence electrons. The average molecular weight is 434 g/mol. The molecule has 0 spiro atoms.